The first kappa shape index (κ1) is 23.9. The number of amidine groups is 1. The van der Waals surface area contributed by atoms with E-state index >= 15 is 0 Å². The second-order valence-electron chi connectivity index (χ2n) is 5.92. The van der Waals surface area contributed by atoms with Crippen LogP contribution in [0.3, 0.4) is 0 Å². The van der Waals surface area contributed by atoms with Crippen molar-refractivity contribution in [2.75, 3.05) is 5.73 Å². The minimum atomic E-state index is -0.0838. The van der Waals surface area contributed by atoms with Crippen LogP contribution in [0.5, 0.6) is 5.75 Å². The van der Waals surface area contributed by atoms with Crippen LogP contribution in [0.25, 0.3) is 5.57 Å². The number of allylic oxidation sites excluding steroid dienone is 5. The van der Waals surface area contributed by atoms with Crippen molar-refractivity contribution in [1.82, 2.24) is 4.98 Å². The number of nitrogens with two attached hydrogens (primary N) is 3. The Morgan fingerprint density at radius 3 is 2.47 bits per heavy atom. The van der Waals surface area contributed by atoms with Gasteiger partial charge in [-0.15, -0.1) is 0 Å². The van der Waals surface area contributed by atoms with Crippen molar-refractivity contribution >= 4 is 23.3 Å². The predicted octanol–water partition coefficient (Wildman–Crippen LogP) is 4.00. The summed E-state index contributed by atoms with van der Waals surface area (Å²) in [6.07, 6.45) is 13.4. The molecule has 0 aliphatic carbocycles. The monoisotopic (exact) mass is 404 g/mol. The largest absolute Gasteiger partial charge is 0.462 e. The highest BCUT2D eigenvalue weighted by molar-refractivity contribution is 6.04. The van der Waals surface area contributed by atoms with Crippen LogP contribution >= 0.6 is 0 Å². The van der Waals surface area contributed by atoms with E-state index in [0.29, 0.717) is 23.4 Å². The molecule has 0 fully saturated rings. The molecule has 156 valence electrons. The van der Waals surface area contributed by atoms with Gasteiger partial charge in [0.05, 0.1) is 11.9 Å². The molecule has 0 saturated carbocycles. The van der Waals surface area contributed by atoms with E-state index in [1.54, 1.807) is 6.20 Å². The molecule has 2 aromatic rings. The zero-order valence-electron chi connectivity index (χ0n) is 17.0. The first-order valence-corrected chi connectivity index (χ1v) is 9.13. The van der Waals surface area contributed by atoms with Crippen molar-refractivity contribution in [3.05, 3.63) is 96.7 Å². The molecule has 8 N–H and O–H groups in total. The molecule has 0 bridgehead atoms. The van der Waals surface area contributed by atoms with Gasteiger partial charge in [-0.2, -0.15) is 0 Å². The van der Waals surface area contributed by atoms with E-state index in [0.717, 1.165) is 23.1 Å². The predicted molar refractivity (Wildman–Crippen MR) is 125 cm³/mol. The lowest BCUT2D eigenvalue weighted by Crippen LogP contribution is -2.16. The van der Waals surface area contributed by atoms with Crippen LogP contribution in [-0.2, 0) is 0 Å². The van der Waals surface area contributed by atoms with Gasteiger partial charge in [0.25, 0.3) is 0 Å². The SMILES string of the molecule is C=C(CC=C/C(=C\C)c1cncc(N)c1C(=N)N)Oc1ccccc1.N=C/C=C\N. The molecule has 7 nitrogen and oxygen atoms in total. The minimum absolute atomic E-state index is 0.0838. The molecule has 0 saturated heterocycles. The summed E-state index contributed by atoms with van der Waals surface area (Å²) in [5, 5.41) is 14.1. The number of nitrogen functional groups attached to an aromatic ring is 2. The Kier molecular flexibility index (Phi) is 10.5. The normalized spacial score (nSPS) is 11.0. The summed E-state index contributed by atoms with van der Waals surface area (Å²) in [6, 6.07) is 9.51. The second-order valence-corrected chi connectivity index (χ2v) is 5.92. The maximum Gasteiger partial charge on any atom is 0.126 e. The van der Waals surface area contributed by atoms with Crippen molar-refractivity contribution in [3.63, 3.8) is 0 Å². The molecule has 2 rings (SSSR count). The molecule has 0 radical (unpaired) electrons. The number of nitrogens with one attached hydrogen (secondary N) is 2. The van der Waals surface area contributed by atoms with E-state index in [9.17, 15) is 0 Å². The maximum absolute atomic E-state index is 7.74. The molecule has 0 spiro atoms. The van der Waals surface area contributed by atoms with Crippen molar-refractivity contribution in [2.24, 2.45) is 11.5 Å². The summed E-state index contributed by atoms with van der Waals surface area (Å²) in [7, 11) is 0. The molecule has 1 heterocycles. The van der Waals surface area contributed by atoms with E-state index < -0.39 is 0 Å². The second kappa shape index (κ2) is 13.1. The smallest absolute Gasteiger partial charge is 0.126 e. The summed E-state index contributed by atoms with van der Waals surface area (Å²) < 4.78 is 5.66. The standard InChI is InChI=1S/C20H22N4O.C3H6N2/c1-3-15(17-12-24-13-18(21)19(17)20(22)23)9-7-8-14(2)25-16-10-5-4-6-11-16;4-2-1-3-5/h3-7,9-13H,2,8,21H2,1H3,(H3,22,23);1-4H,5H2/b9-7?,15-3+;3-1-,4-2?. The highest BCUT2D eigenvalue weighted by Crippen LogP contribution is 2.24. The molecule has 0 aliphatic rings. The van der Waals surface area contributed by atoms with Crippen LogP contribution in [0.4, 0.5) is 5.69 Å². The molecular formula is C23H28N6O. The third-order valence-electron chi connectivity index (χ3n) is 3.72. The van der Waals surface area contributed by atoms with Gasteiger partial charge in [-0.3, -0.25) is 10.4 Å². The number of anilines is 1. The molecule has 7 heteroatoms. The van der Waals surface area contributed by atoms with Crippen LogP contribution in [-0.4, -0.2) is 17.0 Å². The van der Waals surface area contributed by atoms with Gasteiger partial charge < -0.3 is 27.3 Å². The fraction of sp³-hybridized carbons (Fsp3) is 0.0870. The minimum Gasteiger partial charge on any atom is -0.462 e. The average Bonchev–Trinajstić information content (AvgIpc) is 2.72. The number of hydrogen-bond acceptors (Lipinski definition) is 6. The Morgan fingerprint density at radius 2 is 1.93 bits per heavy atom. The van der Waals surface area contributed by atoms with Crippen LogP contribution < -0.4 is 21.9 Å². The summed E-state index contributed by atoms with van der Waals surface area (Å²) in [4.78, 5) is 4.10. The van der Waals surface area contributed by atoms with Crippen molar-refractivity contribution in [1.29, 1.82) is 10.8 Å². The highest BCUT2D eigenvalue weighted by atomic mass is 16.5. The molecule has 0 amide bonds. The molecule has 0 atom stereocenters. The number of ether oxygens (including phenoxy) is 1. The van der Waals surface area contributed by atoms with Crippen molar-refractivity contribution in [3.8, 4) is 5.75 Å². The number of nitrogens with zero attached hydrogens (tertiary/aromatic N) is 1. The van der Waals surface area contributed by atoms with Crippen LogP contribution in [0.15, 0.2) is 85.6 Å². The number of para-hydroxylation sites is 1. The van der Waals surface area contributed by atoms with Gasteiger partial charge in [0.2, 0.25) is 0 Å². The summed E-state index contributed by atoms with van der Waals surface area (Å²) in [6.45, 7) is 5.83. The number of aromatic nitrogens is 1. The van der Waals surface area contributed by atoms with Gasteiger partial charge in [0.15, 0.2) is 0 Å². The topological polar surface area (TPSA) is 148 Å². The van der Waals surface area contributed by atoms with E-state index in [2.05, 4.69) is 11.6 Å². The molecule has 30 heavy (non-hydrogen) atoms. The van der Waals surface area contributed by atoms with Gasteiger partial charge >= 0.3 is 0 Å². The molecular weight excluding hydrogens is 376 g/mol. The Labute approximate surface area is 177 Å². The molecule has 0 unspecified atom stereocenters. The third kappa shape index (κ3) is 7.85. The summed E-state index contributed by atoms with van der Waals surface area (Å²) in [5.74, 6) is 1.31. The molecule has 0 aliphatic heterocycles. The Hall–Kier alpha value is -4.13. The summed E-state index contributed by atoms with van der Waals surface area (Å²) >= 11 is 0. The Bertz CT molecular complexity index is 945. The Balaban J connectivity index is 0.000000804. The molecule has 1 aromatic carbocycles. The maximum atomic E-state index is 7.74. The third-order valence-corrected chi connectivity index (χ3v) is 3.72. The van der Waals surface area contributed by atoms with Gasteiger partial charge in [-0.05, 0) is 36.9 Å². The van der Waals surface area contributed by atoms with Gasteiger partial charge in [-0.1, -0.05) is 43.0 Å². The van der Waals surface area contributed by atoms with E-state index in [4.69, 9.17) is 32.8 Å². The summed E-state index contributed by atoms with van der Waals surface area (Å²) in [5.41, 5.74) is 18.8. The van der Waals surface area contributed by atoms with Crippen LogP contribution in [0.1, 0.15) is 24.5 Å². The van der Waals surface area contributed by atoms with E-state index in [1.807, 2.05) is 55.5 Å². The van der Waals surface area contributed by atoms with E-state index in [-0.39, 0.29) is 5.84 Å². The lowest BCUT2D eigenvalue weighted by atomic mass is 9.99. The average molecular weight is 405 g/mol. The van der Waals surface area contributed by atoms with Crippen molar-refractivity contribution < 1.29 is 4.74 Å². The van der Waals surface area contributed by atoms with E-state index in [1.165, 1.54) is 18.5 Å². The van der Waals surface area contributed by atoms with Crippen molar-refractivity contribution in [2.45, 2.75) is 13.3 Å². The number of hydrogen-bond donors (Lipinski definition) is 5. The van der Waals surface area contributed by atoms with Gasteiger partial charge in [0, 0.05) is 30.0 Å². The quantitative estimate of drug-likeness (QED) is 0.195. The lowest BCUT2D eigenvalue weighted by Gasteiger charge is -2.11. The zero-order chi connectivity index (χ0) is 22.4. The lowest BCUT2D eigenvalue weighted by molar-refractivity contribution is 0.418. The Morgan fingerprint density at radius 1 is 1.23 bits per heavy atom. The fourth-order valence-electron chi connectivity index (χ4n) is 2.41. The zero-order valence-corrected chi connectivity index (χ0v) is 17.0. The first-order valence-electron chi connectivity index (χ1n) is 9.13. The number of pyridine rings is 1. The van der Waals surface area contributed by atoms with Crippen LogP contribution in [0, 0.1) is 10.8 Å². The van der Waals surface area contributed by atoms with Crippen LogP contribution in [0.2, 0.25) is 0 Å². The first-order chi connectivity index (χ1) is 14.4. The highest BCUT2D eigenvalue weighted by Gasteiger charge is 2.11. The number of benzene rings is 1. The fourth-order valence-corrected chi connectivity index (χ4v) is 2.41. The number of rotatable bonds is 8. The molecule has 1 aromatic heterocycles. The van der Waals surface area contributed by atoms with Gasteiger partial charge in [-0.25, -0.2) is 0 Å². The van der Waals surface area contributed by atoms with Gasteiger partial charge in [0.1, 0.15) is 17.3 Å².